The second kappa shape index (κ2) is 9.37. The van der Waals surface area contributed by atoms with Gasteiger partial charge in [-0.05, 0) is 55.8 Å². The summed E-state index contributed by atoms with van der Waals surface area (Å²) in [4.78, 5) is 18.6. The summed E-state index contributed by atoms with van der Waals surface area (Å²) in [6.07, 6.45) is 2.58. The Labute approximate surface area is 175 Å². The second-order valence-corrected chi connectivity index (χ2v) is 8.50. The molecule has 0 saturated carbocycles. The maximum absolute atomic E-state index is 11.6. The van der Waals surface area contributed by atoms with E-state index in [1.807, 2.05) is 18.2 Å². The number of aromatic nitrogens is 1. The second-order valence-electron chi connectivity index (χ2n) is 7.38. The number of nitrogens with zero attached hydrogens (tertiary/aromatic N) is 2. The van der Waals surface area contributed by atoms with Crippen LogP contribution < -0.4 is 4.74 Å². The van der Waals surface area contributed by atoms with Crippen LogP contribution in [0.15, 0.2) is 48.5 Å². The van der Waals surface area contributed by atoms with E-state index in [-0.39, 0.29) is 11.9 Å². The quantitative estimate of drug-likeness (QED) is 0.548. The van der Waals surface area contributed by atoms with Gasteiger partial charge in [0.15, 0.2) is 0 Å². The number of methoxy groups -OCH3 is 1. The first-order valence-electron chi connectivity index (χ1n) is 10.1. The molecule has 0 atom stereocenters. The highest BCUT2D eigenvalue weighted by atomic mass is 32.1. The Kier molecular flexibility index (Phi) is 6.42. The van der Waals surface area contributed by atoms with Crippen LogP contribution in [0.2, 0.25) is 0 Å². The lowest BCUT2D eigenvalue weighted by Crippen LogP contribution is -2.38. The van der Waals surface area contributed by atoms with Crippen molar-refractivity contribution in [2.45, 2.75) is 19.3 Å². The fraction of sp³-hybridized carbons (Fsp3) is 0.391. The number of fused-ring (bicyclic) bond motifs is 1. The number of carbonyl (C=O) groups is 1. The Morgan fingerprint density at radius 2 is 1.90 bits per heavy atom. The van der Waals surface area contributed by atoms with E-state index in [0.29, 0.717) is 6.61 Å². The van der Waals surface area contributed by atoms with Crippen LogP contribution in [0.1, 0.15) is 23.4 Å². The molecule has 1 aliphatic rings. The van der Waals surface area contributed by atoms with Crippen molar-refractivity contribution < 1.29 is 14.3 Å². The summed E-state index contributed by atoms with van der Waals surface area (Å²) in [5.74, 6) is 0.870. The summed E-state index contributed by atoms with van der Waals surface area (Å²) in [5, 5.41) is 1.13. The first-order valence-corrected chi connectivity index (χ1v) is 10.9. The number of hydrogen-bond acceptors (Lipinski definition) is 6. The van der Waals surface area contributed by atoms with E-state index in [9.17, 15) is 4.79 Å². The first-order chi connectivity index (χ1) is 14.2. The summed E-state index contributed by atoms with van der Waals surface area (Å²) in [6.45, 7) is 3.37. The minimum absolute atomic E-state index is 0.0557. The predicted octanol–water partition coefficient (Wildman–Crippen LogP) is 4.15. The Morgan fingerprint density at radius 1 is 1.14 bits per heavy atom. The van der Waals surface area contributed by atoms with Gasteiger partial charge < -0.3 is 9.47 Å². The van der Waals surface area contributed by atoms with Crippen molar-refractivity contribution in [3.8, 4) is 5.75 Å². The third-order valence-corrected chi connectivity index (χ3v) is 6.45. The zero-order valence-electron chi connectivity index (χ0n) is 16.7. The summed E-state index contributed by atoms with van der Waals surface area (Å²) < 4.78 is 12.0. The molecule has 2 aromatic carbocycles. The van der Waals surface area contributed by atoms with Crippen LogP contribution in [-0.4, -0.2) is 49.2 Å². The molecule has 0 bridgehead atoms. The van der Waals surface area contributed by atoms with Crippen molar-refractivity contribution >= 4 is 27.5 Å². The van der Waals surface area contributed by atoms with E-state index in [4.69, 9.17) is 14.5 Å². The minimum Gasteiger partial charge on any atom is -0.492 e. The lowest BCUT2D eigenvalue weighted by atomic mass is 9.97. The van der Waals surface area contributed by atoms with Gasteiger partial charge in [0.2, 0.25) is 0 Å². The smallest absolute Gasteiger partial charge is 0.308 e. The highest BCUT2D eigenvalue weighted by Gasteiger charge is 2.25. The van der Waals surface area contributed by atoms with Crippen LogP contribution in [0.5, 0.6) is 5.75 Å². The molecule has 1 aliphatic heterocycles. The SMILES string of the molecule is COC(=O)C1CCN(CCOc2ccc(Cc3nc4ccccc4s3)cc2)CC1. The number of piperidine rings is 1. The molecule has 2 heterocycles. The molecule has 0 aliphatic carbocycles. The molecule has 152 valence electrons. The molecule has 6 heteroatoms. The average molecular weight is 411 g/mol. The topological polar surface area (TPSA) is 51.7 Å². The maximum atomic E-state index is 11.6. The largest absolute Gasteiger partial charge is 0.492 e. The molecular formula is C23H26N2O3S. The number of para-hydroxylation sites is 1. The number of ether oxygens (including phenoxy) is 2. The van der Waals surface area contributed by atoms with Gasteiger partial charge in [-0.3, -0.25) is 9.69 Å². The highest BCUT2D eigenvalue weighted by molar-refractivity contribution is 7.18. The van der Waals surface area contributed by atoms with Gasteiger partial charge >= 0.3 is 5.97 Å². The van der Waals surface area contributed by atoms with Crippen molar-refractivity contribution in [3.63, 3.8) is 0 Å². The molecule has 0 N–H and O–H groups in total. The van der Waals surface area contributed by atoms with Crippen molar-refractivity contribution in [1.82, 2.24) is 9.88 Å². The van der Waals surface area contributed by atoms with Gasteiger partial charge in [-0.2, -0.15) is 0 Å². The highest BCUT2D eigenvalue weighted by Crippen LogP contribution is 2.24. The average Bonchev–Trinajstić information content (AvgIpc) is 3.17. The number of rotatable bonds is 7. The van der Waals surface area contributed by atoms with Crippen LogP contribution >= 0.6 is 11.3 Å². The number of esters is 1. The van der Waals surface area contributed by atoms with Gasteiger partial charge in [-0.1, -0.05) is 24.3 Å². The van der Waals surface area contributed by atoms with E-state index in [0.717, 1.165) is 55.2 Å². The first kappa shape index (κ1) is 19.9. The number of carbonyl (C=O) groups excluding carboxylic acids is 1. The summed E-state index contributed by atoms with van der Waals surface area (Å²) in [5.41, 5.74) is 2.31. The number of likely N-dealkylation sites (tertiary alicyclic amines) is 1. The van der Waals surface area contributed by atoms with E-state index in [2.05, 4.69) is 35.2 Å². The minimum atomic E-state index is -0.0770. The Morgan fingerprint density at radius 3 is 2.62 bits per heavy atom. The zero-order chi connectivity index (χ0) is 20.1. The fourth-order valence-corrected chi connectivity index (χ4v) is 4.73. The Bertz CT molecular complexity index is 913. The van der Waals surface area contributed by atoms with Gasteiger partial charge in [0.1, 0.15) is 12.4 Å². The van der Waals surface area contributed by atoms with Crippen molar-refractivity contribution in [2.75, 3.05) is 33.4 Å². The number of thiazole rings is 1. The Hall–Kier alpha value is -2.44. The lowest BCUT2D eigenvalue weighted by Gasteiger charge is -2.30. The normalized spacial score (nSPS) is 15.5. The molecule has 0 unspecified atom stereocenters. The third-order valence-electron chi connectivity index (χ3n) is 5.42. The third kappa shape index (κ3) is 5.14. The van der Waals surface area contributed by atoms with Gasteiger partial charge in [-0.15, -0.1) is 11.3 Å². The molecule has 0 amide bonds. The van der Waals surface area contributed by atoms with Crippen LogP contribution in [-0.2, 0) is 16.0 Å². The van der Waals surface area contributed by atoms with Crippen LogP contribution in [0.25, 0.3) is 10.2 Å². The van der Waals surface area contributed by atoms with Gasteiger partial charge in [0.05, 0.1) is 28.3 Å². The summed E-state index contributed by atoms with van der Waals surface area (Å²) >= 11 is 1.75. The summed E-state index contributed by atoms with van der Waals surface area (Å²) in [7, 11) is 1.47. The van der Waals surface area contributed by atoms with Crippen LogP contribution in [0.4, 0.5) is 0 Å². The summed E-state index contributed by atoms with van der Waals surface area (Å²) in [6, 6.07) is 16.6. The monoisotopic (exact) mass is 410 g/mol. The molecule has 1 aromatic heterocycles. The standard InChI is InChI=1S/C23H26N2O3S/c1-27-23(26)18-10-12-25(13-11-18)14-15-28-19-8-6-17(7-9-19)16-22-24-20-4-2-3-5-21(20)29-22/h2-9,18H,10-16H2,1H3. The molecule has 0 radical (unpaired) electrons. The Balaban J connectivity index is 1.22. The van der Waals surface area contributed by atoms with E-state index in [1.54, 1.807) is 11.3 Å². The molecule has 3 aromatic rings. The van der Waals surface area contributed by atoms with Gasteiger partial charge in [0.25, 0.3) is 0 Å². The van der Waals surface area contributed by atoms with Crippen LogP contribution in [0, 0.1) is 5.92 Å². The molecule has 0 spiro atoms. The molecule has 1 saturated heterocycles. The molecule has 5 nitrogen and oxygen atoms in total. The van der Waals surface area contributed by atoms with E-state index < -0.39 is 0 Å². The predicted molar refractivity (Wildman–Crippen MR) is 116 cm³/mol. The van der Waals surface area contributed by atoms with Crippen molar-refractivity contribution in [1.29, 1.82) is 0 Å². The van der Waals surface area contributed by atoms with Crippen molar-refractivity contribution in [3.05, 3.63) is 59.1 Å². The lowest BCUT2D eigenvalue weighted by molar-refractivity contribution is -0.147. The molecule has 29 heavy (non-hydrogen) atoms. The maximum Gasteiger partial charge on any atom is 0.308 e. The van der Waals surface area contributed by atoms with Crippen molar-refractivity contribution in [2.24, 2.45) is 5.92 Å². The molecule has 4 rings (SSSR count). The fourth-order valence-electron chi connectivity index (χ4n) is 3.73. The van der Waals surface area contributed by atoms with E-state index >= 15 is 0 Å². The zero-order valence-corrected chi connectivity index (χ0v) is 17.5. The van der Waals surface area contributed by atoms with E-state index in [1.165, 1.54) is 17.4 Å². The van der Waals surface area contributed by atoms with Gasteiger partial charge in [0, 0.05) is 13.0 Å². The van der Waals surface area contributed by atoms with Gasteiger partial charge in [-0.25, -0.2) is 4.98 Å². The number of benzene rings is 2. The van der Waals surface area contributed by atoms with Crippen LogP contribution in [0.3, 0.4) is 0 Å². The molecule has 1 fully saturated rings. The number of hydrogen-bond donors (Lipinski definition) is 0. The molecular weight excluding hydrogens is 384 g/mol.